The molecule has 4 rings (SSSR count). The molecule has 0 unspecified atom stereocenters. The van der Waals surface area contributed by atoms with Crippen molar-refractivity contribution in [1.29, 1.82) is 5.26 Å². The Kier molecular flexibility index (Phi) is 7.48. The predicted molar refractivity (Wildman–Crippen MR) is 127 cm³/mol. The van der Waals surface area contributed by atoms with Gasteiger partial charge in [-0.2, -0.15) is 22.3 Å². The molecule has 2 fully saturated rings. The number of ether oxygens (including phenoxy) is 1. The van der Waals surface area contributed by atoms with E-state index in [1.807, 2.05) is 19.2 Å². The summed E-state index contributed by atoms with van der Waals surface area (Å²) in [6.07, 6.45) is 0. The summed E-state index contributed by atoms with van der Waals surface area (Å²) < 4.78 is 34.8. The Labute approximate surface area is 200 Å². The topological polar surface area (TPSA) is 97.2 Å². The van der Waals surface area contributed by atoms with Crippen LogP contribution < -0.4 is 4.74 Å². The lowest BCUT2D eigenvalue weighted by Gasteiger charge is -2.39. The number of rotatable bonds is 6. The first-order chi connectivity index (χ1) is 16.4. The zero-order valence-corrected chi connectivity index (χ0v) is 20.1. The second-order valence-electron chi connectivity index (χ2n) is 8.49. The molecular formula is C24H29N5O4S. The van der Waals surface area contributed by atoms with Crippen molar-refractivity contribution in [3.8, 4) is 11.8 Å². The summed E-state index contributed by atoms with van der Waals surface area (Å²) in [5.74, 6) is 0.384. The zero-order chi connectivity index (χ0) is 24.1. The molecule has 0 atom stereocenters. The largest absolute Gasteiger partial charge is 0.489 e. The smallest absolute Gasteiger partial charge is 0.282 e. The summed E-state index contributed by atoms with van der Waals surface area (Å²) in [5, 5.41) is 9.23. The molecule has 9 nitrogen and oxygen atoms in total. The summed E-state index contributed by atoms with van der Waals surface area (Å²) in [4.78, 5) is 16.9. The standard InChI is InChI=1S/C24H29N5O4S/c1-26-9-13-28(14-10-26)34(31,32)29-15-11-27(12-16-29)24(30)20-7-4-8-23(17-20)33-19-22-6-3-2-5-21(22)18-25/h2-8,17H,9-16,19H2,1H3. The van der Waals surface area contributed by atoms with Crippen LogP contribution in [0, 0.1) is 11.3 Å². The van der Waals surface area contributed by atoms with Crippen molar-refractivity contribution < 1.29 is 17.9 Å². The third-order valence-electron chi connectivity index (χ3n) is 6.25. The number of hydrogen-bond acceptors (Lipinski definition) is 6. The summed E-state index contributed by atoms with van der Waals surface area (Å²) in [6, 6.07) is 16.3. The van der Waals surface area contributed by atoms with Crippen LogP contribution in [-0.4, -0.2) is 92.1 Å². The highest BCUT2D eigenvalue weighted by Gasteiger charge is 2.34. The number of carbonyl (C=O) groups is 1. The average Bonchev–Trinajstić information content (AvgIpc) is 2.87. The Balaban J connectivity index is 1.35. The van der Waals surface area contributed by atoms with Crippen LogP contribution in [0.5, 0.6) is 5.75 Å². The summed E-state index contributed by atoms with van der Waals surface area (Å²) >= 11 is 0. The summed E-state index contributed by atoms with van der Waals surface area (Å²) in [7, 11) is -1.52. The zero-order valence-electron chi connectivity index (χ0n) is 19.3. The normalized spacial score (nSPS) is 18.4. The molecule has 2 aliphatic rings. The molecule has 0 aliphatic carbocycles. The van der Waals surface area contributed by atoms with Crippen LogP contribution in [0.1, 0.15) is 21.5 Å². The van der Waals surface area contributed by atoms with Gasteiger partial charge in [0.15, 0.2) is 0 Å². The van der Waals surface area contributed by atoms with Gasteiger partial charge in [-0.15, -0.1) is 0 Å². The first kappa shape index (κ1) is 24.2. The van der Waals surface area contributed by atoms with E-state index >= 15 is 0 Å². The van der Waals surface area contributed by atoms with Gasteiger partial charge in [-0.3, -0.25) is 4.79 Å². The summed E-state index contributed by atoms with van der Waals surface area (Å²) in [6.45, 7) is 3.88. The number of nitrogens with zero attached hydrogens (tertiary/aromatic N) is 5. The van der Waals surface area contributed by atoms with Crippen LogP contribution in [0.15, 0.2) is 48.5 Å². The minimum Gasteiger partial charge on any atom is -0.489 e. The number of amides is 1. The molecule has 0 saturated carbocycles. The van der Waals surface area contributed by atoms with Crippen molar-refractivity contribution in [3.05, 3.63) is 65.2 Å². The molecule has 1 amide bonds. The quantitative estimate of drug-likeness (QED) is 0.616. The molecule has 10 heteroatoms. The van der Waals surface area contributed by atoms with Crippen molar-refractivity contribution in [2.45, 2.75) is 6.61 Å². The van der Waals surface area contributed by atoms with Gasteiger partial charge in [0, 0.05) is 63.5 Å². The van der Waals surface area contributed by atoms with E-state index in [1.54, 1.807) is 41.3 Å². The molecule has 2 saturated heterocycles. The molecule has 2 aromatic rings. The van der Waals surface area contributed by atoms with Crippen LogP contribution in [-0.2, 0) is 16.8 Å². The van der Waals surface area contributed by atoms with Crippen LogP contribution >= 0.6 is 0 Å². The minimum absolute atomic E-state index is 0.153. The Morgan fingerprint density at radius 3 is 2.26 bits per heavy atom. The molecule has 180 valence electrons. The highest BCUT2D eigenvalue weighted by Crippen LogP contribution is 2.20. The summed E-state index contributed by atoms with van der Waals surface area (Å²) in [5.41, 5.74) is 1.82. The van der Waals surface area contributed by atoms with E-state index in [0.717, 1.165) is 18.7 Å². The third-order valence-corrected chi connectivity index (χ3v) is 8.29. The lowest BCUT2D eigenvalue weighted by molar-refractivity contribution is 0.0691. The van der Waals surface area contributed by atoms with Gasteiger partial charge in [0.25, 0.3) is 16.1 Å². The van der Waals surface area contributed by atoms with Crippen LogP contribution in [0.3, 0.4) is 0 Å². The fourth-order valence-electron chi connectivity index (χ4n) is 4.12. The fourth-order valence-corrected chi connectivity index (χ4v) is 5.70. The van der Waals surface area contributed by atoms with E-state index in [-0.39, 0.29) is 25.6 Å². The van der Waals surface area contributed by atoms with E-state index in [1.165, 1.54) is 8.61 Å². The van der Waals surface area contributed by atoms with Crippen LogP contribution in [0.4, 0.5) is 0 Å². The van der Waals surface area contributed by atoms with E-state index in [2.05, 4.69) is 11.0 Å². The molecule has 0 bridgehead atoms. The number of carbonyl (C=O) groups excluding carboxylic acids is 1. The third kappa shape index (κ3) is 5.39. The van der Waals surface area contributed by atoms with Gasteiger partial charge in [-0.05, 0) is 31.3 Å². The van der Waals surface area contributed by atoms with Crippen molar-refractivity contribution in [2.75, 3.05) is 59.4 Å². The van der Waals surface area contributed by atoms with Gasteiger partial charge in [-0.25, -0.2) is 0 Å². The number of hydrogen-bond donors (Lipinski definition) is 0. The van der Waals surface area contributed by atoms with Gasteiger partial charge < -0.3 is 14.5 Å². The average molecular weight is 484 g/mol. The maximum Gasteiger partial charge on any atom is 0.282 e. The lowest BCUT2D eigenvalue weighted by Crippen LogP contribution is -2.57. The van der Waals surface area contributed by atoms with Crippen molar-refractivity contribution in [1.82, 2.24) is 18.4 Å². The van der Waals surface area contributed by atoms with Gasteiger partial charge in [0.05, 0.1) is 11.6 Å². The molecule has 0 aromatic heterocycles. The molecule has 2 aromatic carbocycles. The van der Waals surface area contributed by atoms with Gasteiger partial charge in [0.2, 0.25) is 0 Å². The maximum atomic E-state index is 13.1. The predicted octanol–water partition coefficient (Wildman–Crippen LogP) is 1.39. The van der Waals surface area contributed by atoms with Gasteiger partial charge in [-0.1, -0.05) is 24.3 Å². The Morgan fingerprint density at radius 2 is 1.59 bits per heavy atom. The number of likely N-dealkylation sites (N-methyl/N-ethyl adjacent to an activating group) is 1. The number of benzene rings is 2. The second-order valence-corrected chi connectivity index (χ2v) is 10.4. The molecule has 2 aliphatic heterocycles. The second kappa shape index (κ2) is 10.5. The molecule has 0 N–H and O–H groups in total. The van der Waals surface area contributed by atoms with Crippen molar-refractivity contribution in [3.63, 3.8) is 0 Å². The number of piperazine rings is 2. The maximum absolute atomic E-state index is 13.1. The Bertz CT molecular complexity index is 1160. The lowest BCUT2D eigenvalue weighted by atomic mass is 10.1. The molecule has 0 radical (unpaired) electrons. The Morgan fingerprint density at radius 1 is 0.941 bits per heavy atom. The highest BCUT2D eigenvalue weighted by molar-refractivity contribution is 7.86. The molecule has 34 heavy (non-hydrogen) atoms. The Hall–Kier alpha value is -2.97. The SMILES string of the molecule is CN1CCN(S(=O)(=O)N2CCN(C(=O)c3cccc(OCc4ccccc4C#N)c3)CC2)CC1. The van der Waals surface area contributed by atoms with E-state index < -0.39 is 10.2 Å². The first-order valence-corrected chi connectivity index (χ1v) is 12.7. The molecule has 2 heterocycles. The van der Waals surface area contributed by atoms with E-state index in [4.69, 9.17) is 4.74 Å². The number of nitriles is 1. The molecule has 0 spiro atoms. The monoisotopic (exact) mass is 483 g/mol. The van der Waals surface area contributed by atoms with E-state index in [0.29, 0.717) is 43.1 Å². The highest BCUT2D eigenvalue weighted by atomic mass is 32.2. The van der Waals surface area contributed by atoms with Crippen molar-refractivity contribution in [2.24, 2.45) is 0 Å². The van der Waals surface area contributed by atoms with Crippen LogP contribution in [0.2, 0.25) is 0 Å². The van der Waals surface area contributed by atoms with Gasteiger partial charge in [0.1, 0.15) is 12.4 Å². The van der Waals surface area contributed by atoms with Crippen molar-refractivity contribution >= 4 is 16.1 Å². The molecular weight excluding hydrogens is 454 g/mol. The van der Waals surface area contributed by atoms with E-state index in [9.17, 15) is 18.5 Å². The minimum atomic E-state index is -3.51. The van der Waals surface area contributed by atoms with Crippen LogP contribution in [0.25, 0.3) is 0 Å². The fraction of sp³-hybridized carbons (Fsp3) is 0.417. The first-order valence-electron chi connectivity index (χ1n) is 11.3. The van der Waals surface area contributed by atoms with Gasteiger partial charge >= 0.3 is 0 Å².